The zero-order chi connectivity index (χ0) is 21.8. The molecule has 0 radical (unpaired) electrons. The van der Waals surface area contributed by atoms with Crippen LogP contribution in [0, 0.1) is 12.7 Å². The first-order valence-corrected chi connectivity index (χ1v) is 10.2. The van der Waals surface area contributed by atoms with Crippen molar-refractivity contribution in [2.24, 2.45) is 0 Å². The Labute approximate surface area is 185 Å². The average Bonchev–Trinajstić information content (AvgIpc) is 3.33. The van der Waals surface area contributed by atoms with Gasteiger partial charge in [0, 0.05) is 18.0 Å². The summed E-state index contributed by atoms with van der Waals surface area (Å²) in [7, 11) is 0. The summed E-state index contributed by atoms with van der Waals surface area (Å²) >= 11 is 3.37. The molecular formula is C22H18BrFN4O3. The number of ether oxygens (including phenoxy) is 1. The second-order valence-corrected chi connectivity index (χ2v) is 7.73. The highest BCUT2D eigenvalue weighted by Crippen LogP contribution is 2.20. The third kappa shape index (κ3) is 5.18. The number of anilines is 1. The van der Waals surface area contributed by atoms with Gasteiger partial charge >= 0.3 is 0 Å². The summed E-state index contributed by atoms with van der Waals surface area (Å²) in [6.45, 7) is 2.33. The first-order chi connectivity index (χ1) is 15.0. The van der Waals surface area contributed by atoms with E-state index in [1.807, 2.05) is 30.5 Å². The van der Waals surface area contributed by atoms with E-state index in [0.29, 0.717) is 29.3 Å². The van der Waals surface area contributed by atoms with Crippen molar-refractivity contribution < 1.29 is 18.4 Å². The first-order valence-electron chi connectivity index (χ1n) is 9.40. The molecule has 9 heteroatoms. The number of rotatable bonds is 7. The molecule has 0 atom stereocenters. The Bertz CT molecular complexity index is 1200. The van der Waals surface area contributed by atoms with Gasteiger partial charge in [-0.1, -0.05) is 23.4 Å². The Hall–Kier alpha value is -3.46. The molecule has 4 rings (SSSR count). The number of carbonyl (C=O) groups excluding carboxylic acids is 1. The summed E-state index contributed by atoms with van der Waals surface area (Å²) in [5.74, 6) is -0.00589. The van der Waals surface area contributed by atoms with Crippen LogP contribution in [-0.4, -0.2) is 20.8 Å². The molecule has 0 aliphatic carbocycles. The first kappa shape index (κ1) is 20.8. The number of halogens is 2. The summed E-state index contributed by atoms with van der Waals surface area (Å²) in [5.41, 5.74) is 2.28. The van der Waals surface area contributed by atoms with Crippen molar-refractivity contribution in [2.45, 2.75) is 20.1 Å². The Morgan fingerprint density at radius 3 is 2.77 bits per heavy atom. The molecular weight excluding hydrogens is 467 g/mol. The molecule has 1 N–H and O–H groups in total. The van der Waals surface area contributed by atoms with Crippen LogP contribution in [0.3, 0.4) is 0 Å². The van der Waals surface area contributed by atoms with E-state index in [0.717, 1.165) is 10.0 Å². The smallest absolute Gasteiger partial charge is 0.278 e. The number of nitrogens with zero attached hydrogens (tertiary/aromatic N) is 3. The standard InChI is InChI=1S/C22H18BrFN4O3/c1-14-20(13-30-19-4-2-3-17(24)9-19)21(27-31-14)22(29)26-18-7-5-15(6-8-18)11-28-12-16(23)10-25-28/h2-10,12H,11,13H2,1H3,(H,26,29). The molecule has 0 unspecified atom stereocenters. The van der Waals surface area contributed by atoms with Crippen molar-refractivity contribution in [3.05, 3.63) is 93.8 Å². The molecule has 0 saturated carbocycles. The van der Waals surface area contributed by atoms with Crippen LogP contribution in [0.4, 0.5) is 10.1 Å². The zero-order valence-corrected chi connectivity index (χ0v) is 18.1. The number of nitrogens with one attached hydrogen (secondary N) is 1. The van der Waals surface area contributed by atoms with E-state index < -0.39 is 11.7 Å². The van der Waals surface area contributed by atoms with Crippen LogP contribution in [0.25, 0.3) is 0 Å². The molecule has 2 aromatic carbocycles. The molecule has 0 fully saturated rings. The molecule has 0 bridgehead atoms. The van der Waals surface area contributed by atoms with Gasteiger partial charge in [-0.25, -0.2) is 4.39 Å². The summed E-state index contributed by atoms with van der Waals surface area (Å²) < 4.78 is 26.8. The largest absolute Gasteiger partial charge is 0.489 e. The highest BCUT2D eigenvalue weighted by atomic mass is 79.9. The molecule has 4 aromatic rings. The van der Waals surface area contributed by atoms with Gasteiger partial charge in [0.2, 0.25) is 0 Å². The van der Waals surface area contributed by atoms with Crippen LogP contribution in [0.1, 0.15) is 27.4 Å². The number of aromatic nitrogens is 3. The number of benzene rings is 2. The van der Waals surface area contributed by atoms with Crippen LogP contribution in [0.15, 0.2) is 69.9 Å². The molecule has 2 heterocycles. The van der Waals surface area contributed by atoms with E-state index in [-0.39, 0.29) is 12.3 Å². The molecule has 0 aliphatic heterocycles. The van der Waals surface area contributed by atoms with Gasteiger partial charge in [0.15, 0.2) is 5.69 Å². The Morgan fingerprint density at radius 2 is 2.06 bits per heavy atom. The van der Waals surface area contributed by atoms with Crippen molar-refractivity contribution in [3.8, 4) is 5.75 Å². The lowest BCUT2D eigenvalue weighted by atomic mass is 10.1. The minimum atomic E-state index is -0.418. The maximum absolute atomic E-state index is 13.3. The zero-order valence-electron chi connectivity index (χ0n) is 16.5. The average molecular weight is 485 g/mol. The van der Waals surface area contributed by atoms with Gasteiger partial charge in [-0.05, 0) is 52.7 Å². The second-order valence-electron chi connectivity index (χ2n) is 6.82. The molecule has 0 aliphatic rings. The monoisotopic (exact) mass is 484 g/mol. The van der Waals surface area contributed by atoms with Crippen molar-refractivity contribution in [1.82, 2.24) is 14.9 Å². The van der Waals surface area contributed by atoms with E-state index in [4.69, 9.17) is 9.26 Å². The third-order valence-corrected chi connectivity index (χ3v) is 4.95. The van der Waals surface area contributed by atoms with Crippen LogP contribution in [-0.2, 0) is 13.2 Å². The van der Waals surface area contributed by atoms with Crippen LogP contribution in [0.2, 0.25) is 0 Å². The van der Waals surface area contributed by atoms with Gasteiger partial charge in [0.05, 0.1) is 22.8 Å². The predicted molar refractivity (Wildman–Crippen MR) is 115 cm³/mol. The SMILES string of the molecule is Cc1onc(C(=O)Nc2ccc(Cn3cc(Br)cn3)cc2)c1COc1cccc(F)c1. The van der Waals surface area contributed by atoms with E-state index >= 15 is 0 Å². The number of carbonyl (C=O) groups is 1. The topological polar surface area (TPSA) is 82.2 Å². The van der Waals surface area contributed by atoms with E-state index in [2.05, 4.69) is 31.5 Å². The molecule has 2 aromatic heterocycles. The van der Waals surface area contributed by atoms with E-state index in [1.165, 1.54) is 12.1 Å². The van der Waals surface area contributed by atoms with Crippen molar-refractivity contribution in [3.63, 3.8) is 0 Å². The maximum atomic E-state index is 13.3. The summed E-state index contributed by atoms with van der Waals surface area (Å²) in [4.78, 5) is 12.7. The molecule has 1 amide bonds. The van der Waals surface area contributed by atoms with Crippen LogP contribution >= 0.6 is 15.9 Å². The van der Waals surface area contributed by atoms with Crippen LogP contribution < -0.4 is 10.1 Å². The second kappa shape index (κ2) is 9.13. The fourth-order valence-electron chi connectivity index (χ4n) is 2.95. The highest BCUT2D eigenvalue weighted by molar-refractivity contribution is 9.10. The van der Waals surface area contributed by atoms with E-state index in [1.54, 1.807) is 29.9 Å². The molecule has 31 heavy (non-hydrogen) atoms. The normalized spacial score (nSPS) is 10.8. The molecule has 7 nitrogen and oxygen atoms in total. The van der Waals surface area contributed by atoms with Gasteiger partial charge < -0.3 is 14.6 Å². The van der Waals surface area contributed by atoms with Crippen molar-refractivity contribution in [2.75, 3.05) is 5.32 Å². The minimum absolute atomic E-state index is 0.0277. The lowest BCUT2D eigenvalue weighted by Crippen LogP contribution is -2.15. The number of hydrogen-bond donors (Lipinski definition) is 1. The number of amides is 1. The van der Waals surface area contributed by atoms with Gasteiger partial charge in [0.25, 0.3) is 5.91 Å². The minimum Gasteiger partial charge on any atom is -0.489 e. The van der Waals surface area contributed by atoms with Gasteiger partial charge in [-0.15, -0.1) is 0 Å². The fourth-order valence-corrected chi connectivity index (χ4v) is 3.28. The Morgan fingerprint density at radius 1 is 1.26 bits per heavy atom. The van der Waals surface area contributed by atoms with Gasteiger partial charge in [-0.2, -0.15) is 5.10 Å². The van der Waals surface area contributed by atoms with Crippen molar-refractivity contribution in [1.29, 1.82) is 0 Å². The predicted octanol–water partition coefficient (Wildman–Crippen LogP) is 4.96. The molecule has 158 valence electrons. The maximum Gasteiger partial charge on any atom is 0.278 e. The number of hydrogen-bond acceptors (Lipinski definition) is 5. The van der Waals surface area contributed by atoms with E-state index in [9.17, 15) is 9.18 Å². The molecule has 0 saturated heterocycles. The summed E-state index contributed by atoms with van der Waals surface area (Å²) in [6, 6.07) is 13.2. The third-order valence-electron chi connectivity index (χ3n) is 4.54. The van der Waals surface area contributed by atoms with Crippen molar-refractivity contribution >= 4 is 27.5 Å². The summed E-state index contributed by atoms with van der Waals surface area (Å²) in [5, 5.41) is 10.9. The quantitative estimate of drug-likeness (QED) is 0.400. The number of aryl methyl sites for hydroxylation is 1. The fraction of sp³-hybridized carbons (Fsp3) is 0.136. The summed E-state index contributed by atoms with van der Waals surface area (Å²) in [6.07, 6.45) is 3.61. The van der Waals surface area contributed by atoms with Crippen LogP contribution in [0.5, 0.6) is 5.75 Å². The lowest BCUT2D eigenvalue weighted by Gasteiger charge is -2.08. The Balaban J connectivity index is 1.41. The van der Waals surface area contributed by atoms with Gasteiger partial charge in [0.1, 0.15) is 23.9 Å². The lowest BCUT2D eigenvalue weighted by molar-refractivity contribution is 0.101. The Kier molecular flexibility index (Phi) is 6.13. The molecule has 0 spiro atoms. The van der Waals surface area contributed by atoms with Gasteiger partial charge in [-0.3, -0.25) is 9.48 Å². The highest BCUT2D eigenvalue weighted by Gasteiger charge is 2.20.